The number of carbonyl (C=O) groups excluding carboxylic acids is 4. The van der Waals surface area contributed by atoms with Gasteiger partial charge in [-0.05, 0) is 128 Å². The van der Waals surface area contributed by atoms with Crippen LogP contribution in [0.3, 0.4) is 0 Å². The Kier molecular flexibility index (Phi) is 15.9. The number of fused-ring (bicyclic) bond motifs is 2. The molecule has 4 heterocycles. The normalized spacial score (nSPS) is 11.8. The monoisotopic (exact) mass is 896 g/mol. The number of benzene rings is 3. The third-order valence-electron chi connectivity index (χ3n) is 10.8. The topological polar surface area (TPSA) is 163 Å². The second-order valence-corrected chi connectivity index (χ2v) is 16.2. The lowest BCUT2D eigenvalue weighted by Crippen LogP contribution is -2.02. The number of aromatic nitrogens is 4. The molecular weight excluding hydrogens is 845 g/mol. The molecule has 0 saturated carbocycles. The molecule has 12 nitrogen and oxygen atoms in total. The van der Waals surface area contributed by atoms with Gasteiger partial charge in [0, 0.05) is 75.0 Å². The molecule has 0 saturated heterocycles. The van der Waals surface area contributed by atoms with Gasteiger partial charge in [0.1, 0.15) is 35.3 Å². The van der Waals surface area contributed by atoms with Crippen LogP contribution in [0.15, 0.2) is 128 Å². The molecule has 0 aliphatic rings. The van der Waals surface area contributed by atoms with Crippen molar-refractivity contribution in [2.75, 3.05) is 20.8 Å². The van der Waals surface area contributed by atoms with Crippen molar-refractivity contribution in [3.05, 3.63) is 156 Å². The third kappa shape index (κ3) is 13.2. The smallest absolute Gasteiger partial charge is 0.163 e. The van der Waals surface area contributed by atoms with Gasteiger partial charge in [-0.2, -0.15) is 0 Å². The van der Waals surface area contributed by atoms with E-state index >= 15 is 0 Å². The summed E-state index contributed by atoms with van der Waals surface area (Å²) in [6.07, 6.45) is 19.0. The van der Waals surface area contributed by atoms with E-state index in [1.807, 2.05) is 60.7 Å². The fourth-order valence-corrected chi connectivity index (χ4v) is 7.24. The Hall–Kier alpha value is -8.12. The number of aromatic amines is 2. The van der Waals surface area contributed by atoms with Gasteiger partial charge in [0.25, 0.3) is 0 Å². The van der Waals surface area contributed by atoms with Crippen LogP contribution in [0.5, 0.6) is 23.0 Å². The molecule has 2 N–H and O–H groups in total. The quantitative estimate of drug-likeness (QED) is 0.0359. The summed E-state index contributed by atoms with van der Waals surface area (Å²) in [6.45, 7) is 5.18. The summed E-state index contributed by atoms with van der Waals surface area (Å²) in [5, 5.41) is 1.88. The number of carbonyl (C=O) groups is 4. The van der Waals surface area contributed by atoms with Gasteiger partial charge in [-0.25, -0.2) is 4.98 Å². The summed E-state index contributed by atoms with van der Waals surface area (Å²) in [5.41, 5.74) is 7.08. The highest BCUT2D eigenvalue weighted by Crippen LogP contribution is 2.29. The van der Waals surface area contributed by atoms with Crippen LogP contribution in [0.4, 0.5) is 0 Å². The molecule has 12 heteroatoms. The van der Waals surface area contributed by atoms with Crippen molar-refractivity contribution in [3.8, 4) is 34.3 Å². The van der Waals surface area contributed by atoms with Gasteiger partial charge in [-0.15, -0.1) is 0 Å². The number of nitrogens with zero attached hydrogens (tertiary/aromatic N) is 2. The van der Waals surface area contributed by atoms with Gasteiger partial charge >= 0.3 is 0 Å². The molecule has 0 amide bonds. The van der Waals surface area contributed by atoms with Crippen LogP contribution in [0, 0.1) is 5.92 Å². The molecule has 0 aliphatic heterocycles. The van der Waals surface area contributed by atoms with Crippen LogP contribution in [-0.4, -0.2) is 63.9 Å². The third-order valence-corrected chi connectivity index (χ3v) is 10.8. The van der Waals surface area contributed by atoms with E-state index in [0.29, 0.717) is 52.3 Å². The minimum absolute atomic E-state index is 0.187. The SMILES string of the molecule is COc1cc(OCCCC(C)C)ccc1/C=C/C(=O)CC(=O)/C=C/c1ccc2cc(-c3ccnc(COc4ccc(/C=C/C(=O)CC(=O)/C=C/c5c[nH]c6ncccc56)c(OC)c4)c3)[nH]c2c1. The van der Waals surface area contributed by atoms with E-state index in [2.05, 4.69) is 33.8 Å². The molecular formula is C55H52N4O8. The highest BCUT2D eigenvalue weighted by atomic mass is 16.5. The Labute approximate surface area is 389 Å². The minimum atomic E-state index is -0.337. The maximum atomic E-state index is 12.8. The second-order valence-electron chi connectivity index (χ2n) is 16.2. The number of methoxy groups -OCH3 is 2. The lowest BCUT2D eigenvalue weighted by atomic mass is 10.1. The molecule has 340 valence electrons. The molecule has 0 radical (unpaired) electrons. The van der Waals surface area contributed by atoms with Crippen molar-refractivity contribution in [2.45, 2.75) is 46.1 Å². The Bertz CT molecular complexity index is 3020. The van der Waals surface area contributed by atoms with E-state index in [9.17, 15) is 19.2 Å². The number of ether oxygens (including phenoxy) is 4. The molecule has 4 aromatic heterocycles. The Balaban J connectivity index is 0.896. The molecule has 0 aliphatic carbocycles. The maximum Gasteiger partial charge on any atom is 0.163 e. The van der Waals surface area contributed by atoms with Crippen molar-refractivity contribution >= 4 is 69.4 Å². The average Bonchev–Trinajstić information content (AvgIpc) is 3.96. The molecule has 67 heavy (non-hydrogen) atoms. The van der Waals surface area contributed by atoms with Gasteiger partial charge < -0.3 is 28.9 Å². The summed E-state index contributed by atoms with van der Waals surface area (Å²) in [7, 11) is 3.10. The van der Waals surface area contributed by atoms with Gasteiger partial charge in [0.2, 0.25) is 0 Å². The van der Waals surface area contributed by atoms with Crippen molar-refractivity contribution < 1.29 is 38.1 Å². The number of nitrogens with one attached hydrogen (secondary N) is 2. The van der Waals surface area contributed by atoms with Gasteiger partial charge in [-0.1, -0.05) is 32.1 Å². The Morgan fingerprint density at radius 3 is 1.96 bits per heavy atom. The largest absolute Gasteiger partial charge is 0.496 e. The number of hydrogen-bond acceptors (Lipinski definition) is 10. The molecule has 3 aromatic carbocycles. The first-order chi connectivity index (χ1) is 32.5. The Morgan fingerprint density at radius 1 is 0.657 bits per heavy atom. The zero-order valence-corrected chi connectivity index (χ0v) is 37.9. The van der Waals surface area contributed by atoms with E-state index < -0.39 is 0 Å². The standard InChI is InChI=1S/C55H52N4O8/c1-36(2)7-6-26-66-48-21-15-38(53(32-48)64-3)12-18-45(61)30-44(60)17-10-37-9-11-40-29-52(59-51(40)27-37)41-23-25-56-43(28-41)35-67-49-22-16-39(54(33-49)65-4)13-19-46(62)31-47(63)20-14-42-34-58-55-50(42)8-5-24-57-55/h5,8-25,27-29,32-34,36,59H,6-7,26,30-31,35H2,1-4H3,(H,57,58)/b17-10+,18-12+,19-13+,20-14+. The number of allylic oxidation sites excluding steroid dienone is 4. The molecule has 7 rings (SSSR count). The van der Waals surface area contributed by atoms with Gasteiger partial charge in [0.05, 0.1) is 39.4 Å². The maximum absolute atomic E-state index is 12.8. The highest BCUT2D eigenvalue weighted by Gasteiger charge is 2.11. The van der Waals surface area contributed by atoms with E-state index in [1.165, 1.54) is 31.4 Å². The summed E-state index contributed by atoms with van der Waals surface area (Å²) in [6, 6.07) is 26.2. The predicted octanol–water partition coefficient (Wildman–Crippen LogP) is 11.0. The van der Waals surface area contributed by atoms with Crippen molar-refractivity contribution in [1.29, 1.82) is 0 Å². The van der Waals surface area contributed by atoms with Gasteiger partial charge in [-0.3, -0.25) is 24.2 Å². The average molecular weight is 897 g/mol. The van der Waals surface area contributed by atoms with E-state index in [0.717, 1.165) is 57.2 Å². The first-order valence-corrected chi connectivity index (χ1v) is 22.0. The van der Waals surface area contributed by atoms with Crippen LogP contribution in [-0.2, 0) is 25.8 Å². The fourth-order valence-electron chi connectivity index (χ4n) is 7.24. The zero-order valence-electron chi connectivity index (χ0n) is 37.9. The van der Waals surface area contributed by atoms with Crippen LogP contribution in [0.1, 0.15) is 67.5 Å². The first-order valence-electron chi connectivity index (χ1n) is 22.0. The van der Waals surface area contributed by atoms with Crippen molar-refractivity contribution in [2.24, 2.45) is 5.92 Å². The number of rotatable bonds is 23. The van der Waals surface area contributed by atoms with Crippen molar-refractivity contribution in [3.63, 3.8) is 0 Å². The second kappa shape index (κ2) is 22.7. The van der Waals surface area contributed by atoms with Crippen LogP contribution in [0.2, 0.25) is 0 Å². The van der Waals surface area contributed by atoms with Crippen molar-refractivity contribution in [1.82, 2.24) is 19.9 Å². The highest BCUT2D eigenvalue weighted by molar-refractivity contribution is 6.12. The van der Waals surface area contributed by atoms with E-state index in [-0.39, 0.29) is 42.6 Å². The fraction of sp³-hybridized carbons (Fsp3) is 0.200. The van der Waals surface area contributed by atoms with Crippen LogP contribution >= 0.6 is 0 Å². The summed E-state index contributed by atoms with van der Waals surface area (Å²) >= 11 is 0. The lowest BCUT2D eigenvalue weighted by Gasteiger charge is -2.10. The van der Waals surface area contributed by atoms with Crippen LogP contribution < -0.4 is 18.9 Å². The lowest BCUT2D eigenvalue weighted by molar-refractivity contribution is -0.123. The molecule has 0 spiro atoms. The molecule has 0 bridgehead atoms. The Morgan fingerprint density at radius 2 is 1.30 bits per heavy atom. The van der Waals surface area contributed by atoms with E-state index in [1.54, 1.807) is 74.3 Å². The molecule has 0 fully saturated rings. The summed E-state index contributed by atoms with van der Waals surface area (Å²) in [4.78, 5) is 65.9. The van der Waals surface area contributed by atoms with Gasteiger partial charge in [0.15, 0.2) is 23.1 Å². The molecule has 0 unspecified atom stereocenters. The van der Waals surface area contributed by atoms with E-state index in [4.69, 9.17) is 18.9 Å². The minimum Gasteiger partial charge on any atom is -0.496 e. The molecule has 7 aromatic rings. The molecule has 0 atom stereocenters. The number of pyridine rings is 2. The summed E-state index contributed by atoms with van der Waals surface area (Å²) < 4.78 is 23.0. The van der Waals surface area contributed by atoms with Crippen LogP contribution in [0.25, 0.3) is 57.5 Å². The summed E-state index contributed by atoms with van der Waals surface area (Å²) in [5.74, 6) is 1.68. The number of ketones is 4. The predicted molar refractivity (Wildman–Crippen MR) is 263 cm³/mol. The number of hydrogen-bond donors (Lipinski definition) is 2. The number of H-pyrrole nitrogens is 2. The first kappa shape index (κ1) is 46.9. The zero-order chi connectivity index (χ0) is 47.1.